The first-order valence-electron chi connectivity index (χ1n) is 11.2. The third-order valence-electron chi connectivity index (χ3n) is 5.71. The van der Waals surface area contributed by atoms with Crippen molar-refractivity contribution in [2.75, 3.05) is 6.61 Å². The first kappa shape index (κ1) is 23.8. The van der Waals surface area contributed by atoms with Crippen molar-refractivity contribution in [2.24, 2.45) is 0 Å². The molecule has 1 unspecified atom stereocenters. The number of para-hydroxylation sites is 2. The Morgan fingerprint density at radius 2 is 1.91 bits per heavy atom. The lowest BCUT2D eigenvalue weighted by Crippen LogP contribution is -2.44. The van der Waals surface area contributed by atoms with Gasteiger partial charge in [0.2, 0.25) is 5.69 Å². The van der Waals surface area contributed by atoms with E-state index in [1.54, 1.807) is 22.5 Å². The molecule has 0 aliphatic carbocycles. The van der Waals surface area contributed by atoms with Crippen LogP contribution in [0.3, 0.4) is 0 Å². The number of aromatic nitrogens is 2. The van der Waals surface area contributed by atoms with Crippen LogP contribution in [-0.4, -0.2) is 50.8 Å². The summed E-state index contributed by atoms with van der Waals surface area (Å²) in [5.41, 5.74) is -0.0908. The summed E-state index contributed by atoms with van der Waals surface area (Å²) in [5.74, 6) is -0.728. The van der Waals surface area contributed by atoms with Crippen LogP contribution in [-0.2, 0) is 9.47 Å². The van der Waals surface area contributed by atoms with E-state index in [0.717, 1.165) is 12.8 Å². The summed E-state index contributed by atoms with van der Waals surface area (Å²) in [4.78, 5) is 44.6. The first-order valence-corrected chi connectivity index (χ1v) is 11.2. The Kier molecular flexibility index (Phi) is 6.91. The molecule has 3 rings (SSSR count). The van der Waals surface area contributed by atoms with Crippen LogP contribution in [0.1, 0.15) is 77.3 Å². The molecule has 1 aromatic carbocycles. The zero-order valence-corrected chi connectivity index (χ0v) is 19.8. The Balaban J connectivity index is 1.96. The maximum absolute atomic E-state index is 13.3. The lowest BCUT2D eigenvalue weighted by atomic mass is 10.1. The van der Waals surface area contributed by atoms with Crippen molar-refractivity contribution in [3.63, 3.8) is 0 Å². The van der Waals surface area contributed by atoms with E-state index >= 15 is 0 Å². The molecule has 0 saturated carbocycles. The number of ether oxygens (including phenoxy) is 2. The van der Waals surface area contributed by atoms with Gasteiger partial charge in [0, 0.05) is 18.1 Å². The van der Waals surface area contributed by atoms with Crippen molar-refractivity contribution < 1.29 is 19.1 Å². The summed E-state index contributed by atoms with van der Waals surface area (Å²) in [7, 11) is 0. The fraction of sp³-hybridized carbons (Fsp3) is 0.583. The van der Waals surface area contributed by atoms with Crippen LogP contribution in [0.4, 0.5) is 4.79 Å². The van der Waals surface area contributed by atoms with Crippen LogP contribution in [0.5, 0.6) is 0 Å². The quantitative estimate of drug-likeness (QED) is 0.640. The molecule has 0 radical (unpaired) electrons. The molecule has 1 aliphatic heterocycles. The van der Waals surface area contributed by atoms with Crippen LogP contribution in [0.25, 0.3) is 11.0 Å². The number of benzene rings is 1. The van der Waals surface area contributed by atoms with Crippen LogP contribution in [0.15, 0.2) is 29.1 Å². The zero-order valence-electron chi connectivity index (χ0n) is 19.8. The van der Waals surface area contributed by atoms with Gasteiger partial charge in [-0.1, -0.05) is 12.1 Å². The van der Waals surface area contributed by atoms with Crippen LogP contribution in [0, 0.1) is 0 Å². The van der Waals surface area contributed by atoms with E-state index < -0.39 is 17.1 Å². The number of carbonyl (C=O) groups is 2. The van der Waals surface area contributed by atoms with Crippen molar-refractivity contribution in [1.82, 2.24) is 14.5 Å². The molecule has 0 N–H and O–H groups in total. The summed E-state index contributed by atoms with van der Waals surface area (Å²) >= 11 is 0. The number of rotatable bonds is 5. The molecule has 1 saturated heterocycles. The Morgan fingerprint density at radius 1 is 1.22 bits per heavy atom. The average molecular weight is 444 g/mol. The third kappa shape index (κ3) is 4.95. The van der Waals surface area contributed by atoms with Gasteiger partial charge in [-0.3, -0.25) is 4.79 Å². The number of nitrogens with zero attached hydrogens (tertiary/aromatic N) is 3. The van der Waals surface area contributed by atoms with Gasteiger partial charge in [-0.2, -0.15) is 0 Å². The number of amides is 1. The molecule has 1 aromatic heterocycles. The summed E-state index contributed by atoms with van der Waals surface area (Å²) in [6.45, 7) is 11.3. The standard InChI is InChI=1S/C24H33N3O5/c1-7-31-22(29)20-21(28)27(19-11-9-8-10-18(19)25-20)16(3)14-17-13-12-15(2)26(17)23(30)32-24(4,5)6/h8-11,15-17H,7,12-14H2,1-6H3/t15?,16-,17-/m0/s1. The average Bonchev–Trinajstić information content (AvgIpc) is 3.06. The number of carbonyl (C=O) groups excluding carboxylic acids is 2. The first-order chi connectivity index (χ1) is 15.0. The van der Waals surface area contributed by atoms with E-state index in [2.05, 4.69) is 4.98 Å². The smallest absolute Gasteiger partial charge is 0.410 e. The maximum Gasteiger partial charge on any atom is 0.410 e. The van der Waals surface area contributed by atoms with Gasteiger partial charge in [0.15, 0.2) is 0 Å². The van der Waals surface area contributed by atoms with Gasteiger partial charge < -0.3 is 18.9 Å². The molecule has 8 nitrogen and oxygen atoms in total. The summed E-state index contributed by atoms with van der Waals surface area (Å²) in [5, 5.41) is 0. The van der Waals surface area contributed by atoms with Gasteiger partial charge in [-0.05, 0) is 72.9 Å². The Bertz CT molecular complexity index is 1060. The van der Waals surface area contributed by atoms with Crippen molar-refractivity contribution in [3.8, 4) is 0 Å². The van der Waals surface area contributed by atoms with Gasteiger partial charge in [0.05, 0.1) is 17.6 Å². The summed E-state index contributed by atoms with van der Waals surface area (Å²) in [6, 6.07) is 6.95. The highest BCUT2D eigenvalue weighted by atomic mass is 16.6. The lowest BCUT2D eigenvalue weighted by molar-refractivity contribution is 0.0144. The van der Waals surface area contributed by atoms with Crippen molar-refractivity contribution >= 4 is 23.1 Å². The molecule has 1 amide bonds. The van der Waals surface area contributed by atoms with Crippen LogP contribution < -0.4 is 5.56 Å². The molecule has 2 heterocycles. The van der Waals surface area contributed by atoms with Gasteiger partial charge >= 0.3 is 12.1 Å². The highest BCUT2D eigenvalue weighted by Crippen LogP contribution is 2.32. The highest BCUT2D eigenvalue weighted by molar-refractivity contribution is 5.89. The topological polar surface area (TPSA) is 90.7 Å². The minimum atomic E-state index is -0.728. The molecular weight excluding hydrogens is 410 g/mol. The predicted octanol–water partition coefficient (Wildman–Crippen LogP) is 4.31. The molecule has 3 atom stereocenters. The Hall–Kier alpha value is -2.90. The molecule has 174 valence electrons. The molecule has 1 aliphatic rings. The number of fused-ring (bicyclic) bond motifs is 1. The summed E-state index contributed by atoms with van der Waals surface area (Å²) in [6.07, 6.45) is 1.92. The van der Waals surface area contributed by atoms with E-state index in [1.807, 2.05) is 52.8 Å². The molecular formula is C24H33N3O5. The summed E-state index contributed by atoms with van der Waals surface area (Å²) < 4.78 is 12.3. The predicted molar refractivity (Wildman–Crippen MR) is 122 cm³/mol. The number of likely N-dealkylation sites (tertiary alicyclic amines) is 1. The van der Waals surface area contributed by atoms with E-state index in [4.69, 9.17) is 9.47 Å². The second-order valence-corrected chi connectivity index (χ2v) is 9.40. The Morgan fingerprint density at radius 3 is 2.56 bits per heavy atom. The van der Waals surface area contributed by atoms with Gasteiger partial charge in [0.1, 0.15) is 5.60 Å². The molecule has 2 aromatic rings. The van der Waals surface area contributed by atoms with Crippen molar-refractivity contribution in [1.29, 1.82) is 0 Å². The van der Waals surface area contributed by atoms with E-state index in [9.17, 15) is 14.4 Å². The number of hydrogen-bond donors (Lipinski definition) is 0. The molecule has 32 heavy (non-hydrogen) atoms. The fourth-order valence-electron chi connectivity index (χ4n) is 4.37. The molecule has 0 spiro atoms. The maximum atomic E-state index is 13.3. The second kappa shape index (κ2) is 9.30. The number of esters is 1. The minimum absolute atomic E-state index is 0.0584. The van der Waals surface area contributed by atoms with E-state index in [1.165, 1.54) is 0 Å². The minimum Gasteiger partial charge on any atom is -0.461 e. The third-order valence-corrected chi connectivity index (χ3v) is 5.71. The van der Waals surface area contributed by atoms with Gasteiger partial charge in [-0.25, -0.2) is 14.6 Å². The SMILES string of the molecule is CCOC(=O)c1nc2ccccc2n([C@@H](C)C[C@@H]2CCC(C)N2C(=O)OC(C)(C)C)c1=O. The molecule has 8 heteroatoms. The van der Waals surface area contributed by atoms with Gasteiger partial charge in [0.25, 0.3) is 5.56 Å². The van der Waals surface area contributed by atoms with E-state index in [0.29, 0.717) is 17.5 Å². The molecule has 0 bridgehead atoms. The van der Waals surface area contributed by atoms with E-state index in [-0.39, 0.29) is 36.5 Å². The largest absolute Gasteiger partial charge is 0.461 e. The molecule has 1 fully saturated rings. The van der Waals surface area contributed by atoms with Crippen LogP contribution >= 0.6 is 0 Å². The Labute approximate surface area is 188 Å². The van der Waals surface area contributed by atoms with Crippen molar-refractivity contribution in [2.45, 2.75) is 84.5 Å². The van der Waals surface area contributed by atoms with Gasteiger partial charge in [-0.15, -0.1) is 0 Å². The number of hydrogen-bond acceptors (Lipinski definition) is 6. The van der Waals surface area contributed by atoms with Crippen molar-refractivity contribution in [3.05, 3.63) is 40.3 Å². The highest BCUT2D eigenvalue weighted by Gasteiger charge is 2.38. The zero-order chi connectivity index (χ0) is 23.6. The fourth-order valence-corrected chi connectivity index (χ4v) is 4.37. The second-order valence-electron chi connectivity index (χ2n) is 9.40. The monoisotopic (exact) mass is 443 g/mol. The normalized spacial score (nSPS) is 19.8. The van der Waals surface area contributed by atoms with Crippen LogP contribution in [0.2, 0.25) is 0 Å². The lowest BCUT2D eigenvalue weighted by Gasteiger charge is -2.33.